The molecule has 1 atom stereocenters. The summed E-state index contributed by atoms with van der Waals surface area (Å²) in [6, 6.07) is 2.00. The average Bonchev–Trinajstić information content (AvgIpc) is 2.58. The number of halogens is 2. The van der Waals surface area contributed by atoms with Gasteiger partial charge in [-0.1, -0.05) is 0 Å². The van der Waals surface area contributed by atoms with Crippen LogP contribution in [0.5, 0.6) is 0 Å². The summed E-state index contributed by atoms with van der Waals surface area (Å²) in [5, 5.41) is 3.31. The molecule has 1 unspecified atom stereocenters. The number of hydrogen-bond donors (Lipinski definition) is 1. The van der Waals surface area contributed by atoms with Crippen molar-refractivity contribution in [2.45, 2.75) is 12.3 Å². The van der Waals surface area contributed by atoms with Crippen LogP contribution in [-0.4, -0.2) is 23.1 Å². The van der Waals surface area contributed by atoms with E-state index in [2.05, 4.69) is 15.3 Å². The first-order valence-corrected chi connectivity index (χ1v) is 3.93. The van der Waals surface area contributed by atoms with Crippen LogP contribution in [0, 0.1) is 0 Å². The van der Waals surface area contributed by atoms with Gasteiger partial charge in [-0.3, -0.25) is 0 Å². The molecular weight excluding hydrogens is 209 g/mol. The highest BCUT2D eigenvalue weighted by Gasteiger charge is 2.16. The second kappa shape index (κ2) is 6.13. The van der Waals surface area contributed by atoms with E-state index in [0.29, 0.717) is 5.92 Å². The Labute approximate surface area is 90.2 Å². The van der Waals surface area contributed by atoms with E-state index in [4.69, 9.17) is 0 Å². The van der Waals surface area contributed by atoms with Crippen molar-refractivity contribution in [3.05, 3.63) is 24.3 Å². The van der Waals surface area contributed by atoms with Crippen LogP contribution in [0.1, 0.15) is 18.0 Å². The number of hydrogen-bond acceptors (Lipinski definition) is 3. The maximum absolute atomic E-state index is 4.21. The van der Waals surface area contributed by atoms with E-state index in [1.54, 1.807) is 12.5 Å². The normalized spacial score (nSPS) is 20.2. The highest BCUT2D eigenvalue weighted by atomic mass is 35.5. The zero-order valence-electron chi connectivity index (χ0n) is 7.14. The highest BCUT2D eigenvalue weighted by Crippen LogP contribution is 2.18. The molecule has 13 heavy (non-hydrogen) atoms. The van der Waals surface area contributed by atoms with Crippen molar-refractivity contribution in [2.24, 2.45) is 0 Å². The number of aromatic nitrogens is 2. The Bertz CT molecular complexity index is 224. The zero-order valence-corrected chi connectivity index (χ0v) is 8.77. The van der Waals surface area contributed by atoms with Gasteiger partial charge in [0.15, 0.2) is 0 Å². The lowest BCUT2D eigenvalue weighted by molar-refractivity contribution is 0.730. The predicted octanol–water partition coefficient (Wildman–Crippen LogP) is 1.40. The van der Waals surface area contributed by atoms with Gasteiger partial charge in [0.2, 0.25) is 0 Å². The molecule has 1 aliphatic rings. The van der Waals surface area contributed by atoms with E-state index in [9.17, 15) is 0 Å². The van der Waals surface area contributed by atoms with Crippen molar-refractivity contribution in [3.63, 3.8) is 0 Å². The summed E-state index contributed by atoms with van der Waals surface area (Å²) >= 11 is 0. The lowest BCUT2D eigenvalue weighted by Gasteiger charge is -2.04. The van der Waals surface area contributed by atoms with E-state index in [1.165, 1.54) is 12.1 Å². The fraction of sp³-hybridized carbons (Fsp3) is 0.500. The Morgan fingerprint density at radius 1 is 1.38 bits per heavy atom. The van der Waals surface area contributed by atoms with Crippen LogP contribution in [0.2, 0.25) is 0 Å². The molecule has 0 bridgehead atoms. The Hall–Kier alpha value is -0.380. The van der Waals surface area contributed by atoms with Gasteiger partial charge in [-0.25, -0.2) is 9.97 Å². The summed E-state index contributed by atoms with van der Waals surface area (Å²) in [6.45, 7) is 2.19. The van der Waals surface area contributed by atoms with Gasteiger partial charge in [-0.15, -0.1) is 24.8 Å². The quantitative estimate of drug-likeness (QED) is 0.780. The van der Waals surface area contributed by atoms with Gasteiger partial charge in [0.1, 0.15) is 6.33 Å². The third-order valence-electron chi connectivity index (χ3n) is 2.08. The van der Waals surface area contributed by atoms with Crippen LogP contribution >= 0.6 is 24.8 Å². The standard InChI is InChI=1S/C8H11N3.2ClH/c1-3-9-5-7(1)8-2-4-10-6-11-8;;/h2,4,6-7,9H,1,3,5H2;2*1H. The molecule has 2 heterocycles. The molecular formula is C8H13Cl2N3. The van der Waals surface area contributed by atoms with Crippen LogP contribution < -0.4 is 5.32 Å². The van der Waals surface area contributed by atoms with Crippen molar-refractivity contribution >= 4 is 24.8 Å². The molecule has 74 valence electrons. The van der Waals surface area contributed by atoms with E-state index in [-0.39, 0.29) is 24.8 Å². The smallest absolute Gasteiger partial charge is 0.115 e. The Balaban J connectivity index is 0.000000720. The molecule has 1 aromatic heterocycles. The molecule has 3 nitrogen and oxygen atoms in total. The molecule has 5 heteroatoms. The molecule has 1 fully saturated rings. The monoisotopic (exact) mass is 221 g/mol. The van der Waals surface area contributed by atoms with Crippen LogP contribution in [0.25, 0.3) is 0 Å². The molecule has 1 aliphatic heterocycles. The molecule has 1 N–H and O–H groups in total. The van der Waals surface area contributed by atoms with Crippen LogP contribution in [0.3, 0.4) is 0 Å². The first kappa shape index (κ1) is 12.6. The molecule has 0 aromatic carbocycles. The van der Waals surface area contributed by atoms with Crippen LogP contribution in [0.4, 0.5) is 0 Å². The van der Waals surface area contributed by atoms with Crippen LogP contribution in [0.15, 0.2) is 18.6 Å². The minimum absolute atomic E-state index is 0. The molecule has 0 saturated carbocycles. The fourth-order valence-electron chi connectivity index (χ4n) is 1.45. The Morgan fingerprint density at radius 3 is 2.77 bits per heavy atom. The fourth-order valence-corrected chi connectivity index (χ4v) is 1.45. The molecule has 1 saturated heterocycles. The Kier molecular flexibility index (Phi) is 5.95. The lowest BCUT2D eigenvalue weighted by atomic mass is 10.1. The van der Waals surface area contributed by atoms with E-state index in [0.717, 1.165) is 13.1 Å². The molecule has 0 aliphatic carbocycles. The maximum atomic E-state index is 4.21. The highest BCUT2D eigenvalue weighted by molar-refractivity contribution is 5.85. The number of nitrogens with one attached hydrogen (secondary N) is 1. The molecule has 0 amide bonds. The van der Waals surface area contributed by atoms with Gasteiger partial charge in [-0.05, 0) is 19.0 Å². The van der Waals surface area contributed by atoms with E-state index in [1.807, 2.05) is 6.07 Å². The minimum Gasteiger partial charge on any atom is -0.316 e. The zero-order chi connectivity index (χ0) is 7.52. The average molecular weight is 222 g/mol. The second-order valence-corrected chi connectivity index (χ2v) is 2.82. The largest absolute Gasteiger partial charge is 0.316 e. The van der Waals surface area contributed by atoms with E-state index < -0.39 is 0 Å². The molecule has 0 radical (unpaired) electrons. The van der Waals surface area contributed by atoms with Crippen molar-refractivity contribution in [3.8, 4) is 0 Å². The Morgan fingerprint density at radius 2 is 2.23 bits per heavy atom. The van der Waals surface area contributed by atoms with Crippen molar-refractivity contribution in [2.75, 3.05) is 13.1 Å². The molecule has 2 rings (SSSR count). The van der Waals surface area contributed by atoms with Gasteiger partial charge in [0.25, 0.3) is 0 Å². The second-order valence-electron chi connectivity index (χ2n) is 2.82. The summed E-state index contributed by atoms with van der Waals surface area (Å²) in [5.74, 6) is 0.609. The molecule has 1 aromatic rings. The first-order chi connectivity index (χ1) is 5.47. The summed E-state index contributed by atoms with van der Waals surface area (Å²) < 4.78 is 0. The van der Waals surface area contributed by atoms with Crippen LogP contribution in [-0.2, 0) is 0 Å². The summed E-state index contributed by atoms with van der Waals surface area (Å²) in [6.07, 6.45) is 4.63. The van der Waals surface area contributed by atoms with Crippen molar-refractivity contribution in [1.82, 2.24) is 15.3 Å². The minimum atomic E-state index is 0. The van der Waals surface area contributed by atoms with E-state index >= 15 is 0 Å². The van der Waals surface area contributed by atoms with Gasteiger partial charge < -0.3 is 5.32 Å². The van der Waals surface area contributed by atoms with Gasteiger partial charge in [-0.2, -0.15) is 0 Å². The first-order valence-electron chi connectivity index (χ1n) is 3.93. The number of nitrogens with zero attached hydrogens (tertiary/aromatic N) is 2. The van der Waals surface area contributed by atoms with Gasteiger partial charge in [0, 0.05) is 24.4 Å². The van der Waals surface area contributed by atoms with Crippen molar-refractivity contribution < 1.29 is 0 Å². The third-order valence-corrected chi connectivity index (χ3v) is 2.08. The third kappa shape index (κ3) is 3.10. The number of rotatable bonds is 1. The van der Waals surface area contributed by atoms with Gasteiger partial charge >= 0.3 is 0 Å². The predicted molar refractivity (Wildman–Crippen MR) is 56.8 cm³/mol. The van der Waals surface area contributed by atoms with Gasteiger partial charge in [0.05, 0.1) is 0 Å². The topological polar surface area (TPSA) is 37.8 Å². The summed E-state index contributed by atoms with van der Waals surface area (Å²) in [5.41, 5.74) is 1.17. The lowest BCUT2D eigenvalue weighted by Crippen LogP contribution is -2.08. The molecule has 0 spiro atoms. The maximum Gasteiger partial charge on any atom is 0.115 e. The van der Waals surface area contributed by atoms with Crippen molar-refractivity contribution in [1.29, 1.82) is 0 Å². The summed E-state index contributed by atoms with van der Waals surface area (Å²) in [7, 11) is 0. The SMILES string of the molecule is Cl.Cl.c1cc(C2CCNC2)ncn1. The summed E-state index contributed by atoms with van der Waals surface area (Å²) in [4.78, 5) is 8.09.